The van der Waals surface area contributed by atoms with E-state index in [0.717, 1.165) is 16.7 Å². The zero-order chi connectivity index (χ0) is 20.6. The first-order valence-electron chi connectivity index (χ1n) is 9.21. The van der Waals surface area contributed by atoms with Gasteiger partial charge in [-0.2, -0.15) is 0 Å². The number of nitro groups is 1. The SMILES string of the molecule is COc1cccc([C@H](C[N+](=O)[O-])c2ccc(OCc3ccccc3)c(OC)c2)c1. The number of rotatable bonds is 9. The standard InChI is InChI=1S/C23H23NO5/c1-27-20-10-6-9-18(13-20)21(15-24(25)26)19-11-12-22(23(14-19)28-2)29-16-17-7-4-3-5-8-17/h3-14,21H,15-16H2,1-2H3/t21-/m0/s1. The second kappa shape index (κ2) is 9.59. The Labute approximate surface area is 169 Å². The molecule has 0 saturated heterocycles. The number of methoxy groups -OCH3 is 2. The minimum Gasteiger partial charge on any atom is -0.497 e. The molecule has 0 aliphatic heterocycles. The minimum atomic E-state index is -0.433. The predicted octanol–water partition coefficient (Wildman–Crippen LogP) is 4.69. The molecule has 0 saturated carbocycles. The molecule has 150 valence electrons. The molecule has 1 atom stereocenters. The van der Waals surface area contributed by atoms with Gasteiger partial charge in [0, 0.05) is 4.92 Å². The second-order valence-corrected chi connectivity index (χ2v) is 6.53. The Balaban J connectivity index is 1.89. The lowest BCUT2D eigenvalue weighted by molar-refractivity contribution is -0.481. The number of benzene rings is 3. The van der Waals surface area contributed by atoms with E-state index in [1.165, 1.54) is 0 Å². The molecule has 0 unspecified atom stereocenters. The molecule has 0 N–H and O–H groups in total. The fourth-order valence-electron chi connectivity index (χ4n) is 3.17. The van der Waals surface area contributed by atoms with Crippen LogP contribution in [-0.2, 0) is 6.61 Å². The lowest BCUT2D eigenvalue weighted by Gasteiger charge is -2.17. The summed E-state index contributed by atoms with van der Waals surface area (Å²) in [6, 6.07) is 22.6. The molecule has 0 amide bonds. The maximum atomic E-state index is 11.3. The van der Waals surface area contributed by atoms with Gasteiger partial charge in [-0.15, -0.1) is 0 Å². The van der Waals surface area contributed by atoms with E-state index in [-0.39, 0.29) is 11.5 Å². The summed E-state index contributed by atoms with van der Waals surface area (Å²) in [5.41, 5.74) is 2.63. The van der Waals surface area contributed by atoms with Gasteiger partial charge in [0.15, 0.2) is 11.5 Å². The van der Waals surface area contributed by atoms with Crippen LogP contribution in [0, 0.1) is 10.1 Å². The van der Waals surface area contributed by atoms with Crippen molar-refractivity contribution in [1.82, 2.24) is 0 Å². The highest BCUT2D eigenvalue weighted by molar-refractivity contribution is 5.47. The van der Waals surface area contributed by atoms with Crippen molar-refractivity contribution in [3.8, 4) is 17.2 Å². The Morgan fingerprint density at radius 3 is 2.31 bits per heavy atom. The number of ether oxygens (including phenoxy) is 3. The molecule has 0 bridgehead atoms. The molecule has 0 spiro atoms. The van der Waals surface area contributed by atoms with Gasteiger partial charge in [0.05, 0.1) is 20.1 Å². The summed E-state index contributed by atoms with van der Waals surface area (Å²) in [4.78, 5) is 11.0. The number of nitrogens with zero attached hydrogens (tertiary/aromatic N) is 1. The first kappa shape index (κ1) is 20.2. The van der Waals surface area contributed by atoms with Crippen molar-refractivity contribution in [3.05, 3.63) is 99.6 Å². The van der Waals surface area contributed by atoms with E-state index in [4.69, 9.17) is 14.2 Å². The van der Waals surface area contributed by atoms with Crippen molar-refractivity contribution in [2.75, 3.05) is 20.8 Å². The quantitative estimate of drug-likeness (QED) is 0.390. The van der Waals surface area contributed by atoms with Gasteiger partial charge < -0.3 is 14.2 Å². The molecule has 6 heteroatoms. The monoisotopic (exact) mass is 393 g/mol. The second-order valence-electron chi connectivity index (χ2n) is 6.53. The zero-order valence-corrected chi connectivity index (χ0v) is 16.4. The summed E-state index contributed by atoms with van der Waals surface area (Å²) in [5.74, 6) is 1.35. The average Bonchev–Trinajstić information content (AvgIpc) is 2.76. The molecular weight excluding hydrogens is 370 g/mol. The third-order valence-electron chi connectivity index (χ3n) is 4.66. The van der Waals surface area contributed by atoms with Crippen LogP contribution < -0.4 is 14.2 Å². The summed E-state index contributed by atoms with van der Waals surface area (Å²) in [7, 11) is 3.13. The largest absolute Gasteiger partial charge is 0.497 e. The number of hydrogen-bond acceptors (Lipinski definition) is 5. The molecule has 0 radical (unpaired) electrons. The van der Waals surface area contributed by atoms with Gasteiger partial charge in [-0.05, 0) is 41.0 Å². The van der Waals surface area contributed by atoms with E-state index < -0.39 is 5.92 Å². The molecule has 0 aliphatic rings. The van der Waals surface area contributed by atoms with E-state index >= 15 is 0 Å². The Kier molecular flexibility index (Phi) is 6.68. The summed E-state index contributed by atoms with van der Waals surface area (Å²) in [6.45, 7) is 0.172. The molecular formula is C23H23NO5. The highest BCUT2D eigenvalue weighted by Gasteiger charge is 2.22. The third kappa shape index (κ3) is 5.25. The van der Waals surface area contributed by atoms with Crippen molar-refractivity contribution in [2.45, 2.75) is 12.5 Å². The molecule has 3 rings (SSSR count). The van der Waals surface area contributed by atoms with E-state index in [9.17, 15) is 10.1 Å². The summed E-state index contributed by atoms with van der Waals surface area (Å²) in [6.07, 6.45) is 0. The molecule has 0 heterocycles. The first-order chi connectivity index (χ1) is 14.1. The van der Waals surface area contributed by atoms with Crippen molar-refractivity contribution >= 4 is 0 Å². The van der Waals surface area contributed by atoms with Gasteiger partial charge in [-0.1, -0.05) is 48.5 Å². The third-order valence-corrected chi connectivity index (χ3v) is 4.66. The van der Waals surface area contributed by atoms with Gasteiger partial charge >= 0.3 is 0 Å². The highest BCUT2D eigenvalue weighted by atomic mass is 16.6. The highest BCUT2D eigenvalue weighted by Crippen LogP contribution is 2.35. The Hall–Kier alpha value is -3.54. The van der Waals surface area contributed by atoms with Crippen LogP contribution in [0.15, 0.2) is 72.8 Å². The molecule has 29 heavy (non-hydrogen) atoms. The predicted molar refractivity (Wildman–Crippen MR) is 110 cm³/mol. The maximum Gasteiger partial charge on any atom is 0.214 e. The van der Waals surface area contributed by atoms with Crippen molar-refractivity contribution in [3.63, 3.8) is 0 Å². The van der Waals surface area contributed by atoms with Gasteiger partial charge in [-0.3, -0.25) is 10.1 Å². The van der Waals surface area contributed by atoms with Gasteiger partial charge in [0.2, 0.25) is 6.54 Å². The maximum absolute atomic E-state index is 11.3. The fourth-order valence-corrected chi connectivity index (χ4v) is 3.17. The van der Waals surface area contributed by atoms with Crippen molar-refractivity contribution in [1.29, 1.82) is 0 Å². The smallest absolute Gasteiger partial charge is 0.214 e. The Bertz CT molecular complexity index is 958. The van der Waals surface area contributed by atoms with E-state index in [1.54, 1.807) is 26.4 Å². The summed E-state index contributed by atoms with van der Waals surface area (Å²) >= 11 is 0. The molecule has 0 fully saturated rings. The van der Waals surface area contributed by atoms with Crippen LogP contribution in [0.4, 0.5) is 0 Å². The Morgan fingerprint density at radius 1 is 0.862 bits per heavy atom. The van der Waals surface area contributed by atoms with Crippen molar-refractivity contribution in [2.24, 2.45) is 0 Å². The molecule has 3 aromatic carbocycles. The fraction of sp³-hybridized carbons (Fsp3) is 0.217. The van der Waals surface area contributed by atoms with Crippen LogP contribution in [0.1, 0.15) is 22.6 Å². The summed E-state index contributed by atoms with van der Waals surface area (Å²) in [5, 5.41) is 11.3. The molecule has 3 aromatic rings. The van der Waals surface area contributed by atoms with Crippen LogP contribution in [-0.4, -0.2) is 25.7 Å². The van der Waals surface area contributed by atoms with Crippen LogP contribution in [0.3, 0.4) is 0 Å². The average molecular weight is 393 g/mol. The van der Waals surface area contributed by atoms with Gasteiger partial charge in [0.1, 0.15) is 12.4 Å². The first-order valence-corrected chi connectivity index (χ1v) is 9.21. The van der Waals surface area contributed by atoms with Crippen LogP contribution in [0.2, 0.25) is 0 Å². The number of hydrogen-bond donors (Lipinski definition) is 0. The van der Waals surface area contributed by atoms with E-state index in [0.29, 0.717) is 23.9 Å². The van der Waals surface area contributed by atoms with E-state index in [2.05, 4.69) is 0 Å². The summed E-state index contributed by atoms with van der Waals surface area (Å²) < 4.78 is 16.7. The van der Waals surface area contributed by atoms with E-state index in [1.807, 2.05) is 60.7 Å². The van der Waals surface area contributed by atoms with Gasteiger partial charge in [-0.25, -0.2) is 0 Å². The lowest BCUT2D eigenvalue weighted by Crippen LogP contribution is -2.14. The van der Waals surface area contributed by atoms with Crippen molar-refractivity contribution < 1.29 is 19.1 Å². The molecule has 0 aromatic heterocycles. The molecule has 6 nitrogen and oxygen atoms in total. The van der Waals surface area contributed by atoms with Crippen LogP contribution >= 0.6 is 0 Å². The normalized spacial score (nSPS) is 11.5. The molecule has 0 aliphatic carbocycles. The van der Waals surface area contributed by atoms with Gasteiger partial charge in [0.25, 0.3) is 0 Å². The zero-order valence-electron chi connectivity index (χ0n) is 16.4. The van der Waals surface area contributed by atoms with Crippen LogP contribution in [0.5, 0.6) is 17.2 Å². The topological polar surface area (TPSA) is 70.8 Å². The lowest BCUT2D eigenvalue weighted by atomic mass is 9.91. The minimum absolute atomic E-state index is 0.236. The Morgan fingerprint density at radius 2 is 1.62 bits per heavy atom. The van der Waals surface area contributed by atoms with Crippen LogP contribution in [0.25, 0.3) is 0 Å².